The van der Waals surface area contributed by atoms with E-state index in [2.05, 4.69) is 52.5 Å². The van der Waals surface area contributed by atoms with E-state index in [4.69, 9.17) is 5.73 Å². The fraction of sp³-hybridized carbons (Fsp3) is 0.350. The normalized spacial score (nSPS) is 18.0. The minimum absolute atomic E-state index is 0.547. The van der Waals surface area contributed by atoms with Gasteiger partial charge in [0.25, 0.3) is 0 Å². The molecule has 1 aliphatic rings. The Labute approximate surface area is 152 Å². The first-order chi connectivity index (χ1) is 12.2. The third-order valence-electron chi connectivity index (χ3n) is 4.99. The Morgan fingerprint density at radius 3 is 2.84 bits per heavy atom. The Hall–Kier alpha value is -2.11. The first-order valence-electron chi connectivity index (χ1n) is 8.90. The number of thiophene rings is 1. The maximum atomic E-state index is 6.30. The molecule has 2 aromatic heterocycles. The van der Waals surface area contributed by atoms with Crippen LogP contribution >= 0.6 is 11.3 Å². The van der Waals surface area contributed by atoms with Crippen LogP contribution < -0.4 is 16.0 Å². The van der Waals surface area contributed by atoms with E-state index in [1.807, 2.05) is 12.3 Å². The van der Waals surface area contributed by atoms with Crippen molar-refractivity contribution in [3.63, 3.8) is 0 Å². The van der Waals surface area contributed by atoms with Crippen molar-refractivity contribution >= 4 is 32.9 Å². The van der Waals surface area contributed by atoms with Gasteiger partial charge < -0.3 is 16.0 Å². The van der Waals surface area contributed by atoms with Crippen LogP contribution in [0.25, 0.3) is 10.2 Å². The molecule has 3 heterocycles. The Kier molecular flexibility index (Phi) is 4.59. The van der Waals surface area contributed by atoms with Gasteiger partial charge in [-0.05, 0) is 49.6 Å². The number of benzene rings is 1. The average molecular weight is 353 g/mol. The molecular formula is C20H24N4S. The molecule has 1 saturated heterocycles. The van der Waals surface area contributed by atoms with Crippen molar-refractivity contribution in [2.45, 2.75) is 25.8 Å². The minimum atomic E-state index is 0.547. The molecule has 0 saturated carbocycles. The predicted molar refractivity (Wildman–Crippen MR) is 108 cm³/mol. The molecule has 1 unspecified atom stereocenters. The quantitative estimate of drug-likeness (QED) is 0.755. The van der Waals surface area contributed by atoms with E-state index >= 15 is 0 Å². The molecule has 0 spiro atoms. The standard InChI is InChI=1S/C20H24N4S/c1-14-13-22-11-12-24(14)16-7-4-15(5-8-16)6-9-18-19(21)17-3-2-10-23-20(17)25-18/h2-5,7-8,10,14,22H,6,9,11-13,21H2,1H3. The van der Waals surface area contributed by atoms with Gasteiger partial charge in [0.1, 0.15) is 4.83 Å². The van der Waals surface area contributed by atoms with Gasteiger partial charge in [0.15, 0.2) is 0 Å². The van der Waals surface area contributed by atoms with Crippen molar-refractivity contribution in [1.82, 2.24) is 10.3 Å². The highest BCUT2D eigenvalue weighted by Crippen LogP contribution is 2.33. The van der Waals surface area contributed by atoms with E-state index in [9.17, 15) is 0 Å². The maximum Gasteiger partial charge on any atom is 0.125 e. The highest BCUT2D eigenvalue weighted by atomic mass is 32.1. The number of rotatable bonds is 4. The van der Waals surface area contributed by atoms with E-state index in [0.717, 1.165) is 48.4 Å². The van der Waals surface area contributed by atoms with Gasteiger partial charge in [-0.25, -0.2) is 4.98 Å². The van der Waals surface area contributed by atoms with Crippen molar-refractivity contribution in [1.29, 1.82) is 0 Å². The zero-order chi connectivity index (χ0) is 17.2. The predicted octanol–water partition coefficient (Wildman–Crippen LogP) is 3.46. The molecule has 1 atom stereocenters. The zero-order valence-corrected chi connectivity index (χ0v) is 15.4. The zero-order valence-electron chi connectivity index (χ0n) is 14.5. The summed E-state index contributed by atoms with van der Waals surface area (Å²) in [6.07, 6.45) is 3.81. The third kappa shape index (κ3) is 3.34. The molecule has 0 radical (unpaired) electrons. The number of hydrogen-bond donors (Lipinski definition) is 2. The number of anilines is 2. The molecular weight excluding hydrogens is 328 g/mol. The number of nitrogens with zero attached hydrogens (tertiary/aromatic N) is 2. The van der Waals surface area contributed by atoms with Crippen LogP contribution in [0.5, 0.6) is 0 Å². The molecule has 3 N–H and O–H groups in total. The molecule has 4 nitrogen and oxygen atoms in total. The van der Waals surface area contributed by atoms with E-state index in [1.165, 1.54) is 16.1 Å². The van der Waals surface area contributed by atoms with Crippen LogP contribution in [-0.2, 0) is 12.8 Å². The summed E-state index contributed by atoms with van der Waals surface area (Å²) in [5.74, 6) is 0. The van der Waals surface area contributed by atoms with Gasteiger partial charge in [-0.2, -0.15) is 0 Å². The smallest absolute Gasteiger partial charge is 0.125 e. The lowest BCUT2D eigenvalue weighted by molar-refractivity contribution is 0.501. The van der Waals surface area contributed by atoms with Crippen LogP contribution in [0, 0.1) is 0 Å². The number of hydrogen-bond acceptors (Lipinski definition) is 5. The summed E-state index contributed by atoms with van der Waals surface area (Å²) in [5.41, 5.74) is 9.88. The first-order valence-corrected chi connectivity index (χ1v) is 9.72. The van der Waals surface area contributed by atoms with Crippen LogP contribution in [0.2, 0.25) is 0 Å². The van der Waals surface area contributed by atoms with Crippen molar-refractivity contribution in [3.05, 3.63) is 53.0 Å². The minimum Gasteiger partial charge on any atom is -0.397 e. The van der Waals surface area contributed by atoms with Gasteiger partial charge in [-0.1, -0.05) is 12.1 Å². The summed E-state index contributed by atoms with van der Waals surface area (Å²) in [6, 6.07) is 13.6. The molecule has 0 bridgehead atoms. The monoisotopic (exact) mass is 352 g/mol. The number of nitrogens with two attached hydrogens (primary N) is 1. The second kappa shape index (κ2) is 7.02. The Morgan fingerprint density at radius 2 is 2.08 bits per heavy atom. The largest absolute Gasteiger partial charge is 0.397 e. The van der Waals surface area contributed by atoms with Gasteiger partial charge in [0.2, 0.25) is 0 Å². The molecule has 3 aromatic rings. The topological polar surface area (TPSA) is 54.2 Å². The van der Waals surface area contributed by atoms with Crippen LogP contribution in [0.1, 0.15) is 17.4 Å². The third-order valence-corrected chi connectivity index (χ3v) is 6.18. The lowest BCUT2D eigenvalue weighted by Gasteiger charge is -2.36. The number of aromatic nitrogens is 1. The molecule has 1 fully saturated rings. The lowest BCUT2D eigenvalue weighted by atomic mass is 10.1. The second-order valence-electron chi connectivity index (χ2n) is 6.71. The molecule has 1 aliphatic heterocycles. The van der Waals surface area contributed by atoms with Crippen molar-refractivity contribution in [2.75, 3.05) is 30.3 Å². The summed E-state index contributed by atoms with van der Waals surface area (Å²) in [4.78, 5) is 9.18. The Balaban J connectivity index is 1.45. The number of aryl methyl sites for hydroxylation is 2. The van der Waals surface area contributed by atoms with Gasteiger partial charge in [-0.3, -0.25) is 0 Å². The lowest BCUT2D eigenvalue weighted by Crippen LogP contribution is -2.49. The number of fused-ring (bicyclic) bond motifs is 1. The van der Waals surface area contributed by atoms with E-state index in [0.29, 0.717) is 6.04 Å². The van der Waals surface area contributed by atoms with E-state index in [1.54, 1.807) is 11.3 Å². The molecule has 1 aromatic carbocycles. The fourth-order valence-corrected chi connectivity index (χ4v) is 4.58. The van der Waals surface area contributed by atoms with Gasteiger partial charge in [0, 0.05) is 47.8 Å². The highest BCUT2D eigenvalue weighted by molar-refractivity contribution is 7.19. The number of nitrogens with one attached hydrogen (secondary N) is 1. The van der Waals surface area contributed by atoms with E-state index < -0.39 is 0 Å². The van der Waals surface area contributed by atoms with Crippen LogP contribution in [0.3, 0.4) is 0 Å². The van der Waals surface area contributed by atoms with E-state index in [-0.39, 0.29) is 0 Å². The summed E-state index contributed by atoms with van der Waals surface area (Å²) in [5, 5.41) is 4.53. The molecule has 4 rings (SSSR count). The average Bonchev–Trinajstić information content (AvgIpc) is 2.97. The molecule has 0 aliphatic carbocycles. The molecule has 0 amide bonds. The fourth-order valence-electron chi connectivity index (χ4n) is 3.52. The SMILES string of the molecule is CC1CNCCN1c1ccc(CCc2sc3ncccc3c2N)cc1. The first kappa shape index (κ1) is 16.4. The second-order valence-corrected chi connectivity index (χ2v) is 7.79. The molecule has 130 valence electrons. The van der Waals surface area contributed by atoms with Gasteiger partial charge in [-0.15, -0.1) is 11.3 Å². The van der Waals surface area contributed by atoms with Crippen LogP contribution in [0.15, 0.2) is 42.6 Å². The van der Waals surface area contributed by atoms with Gasteiger partial charge in [0.05, 0.1) is 5.69 Å². The molecule has 5 heteroatoms. The van der Waals surface area contributed by atoms with Crippen LogP contribution in [0.4, 0.5) is 11.4 Å². The van der Waals surface area contributed by atoms with Crippen molar-refractivity contribution in [2.24, 2.45) is 0 Å². The maximum absolute atomic E-state index is 6.30. The number of pyridine rings is 1. The van der Waals surface area contributed by atoms with Crippen LogP contribution in [-0.4, -0.2) is 30.7 Å². The number of nitrogen functional groups attached to an aromatic ring is 1. The summed E-state index contributed by atoms with van der Waals surface area (Å²) in [6.45, 7) is 5.47. The highest BCUT2D eigenvalue weighted by Gasteiger charge is 2.18. The van der Waals surface area contributed by atoms with Crippen molar-refractivity contribution < 1.29 is 0 Å². The Bertz CT molecular complexity index is 856. The van der Waals surface area contributed by atoms with Crippen molar-refractivity contribution in [3.8, 4) is 0 Å². The summed E-state index contributed by atoms with van der Waals surface area (Å²) >= 11 is 1.72. The summed E-state index contributed by atoms with van der Waals surface area (Å²) < 4.78 is 0. The molecule has 25 heavy (non-hydrogen) atoms. The van der Waals surface area contributed by atoms with Gasteiger partial charge >= 0.3 is 0 Å². The number of piperazine rings is 1. The Morgan fingerprint density at radius 1 is 1.24 bits per heavy atom. The summed E-state index contributed by atoms with van der Waals surface area (Å²) in [7, 11) is 0.